The number of rotatable bonds is 7. The van der Waals surface area contributed by atoms with Gasteiger partial charge in [-0.1, -0.05) is 36.7 Å². The molecule has 0 spiro atoms. The molecule has 2 rings (SSSR count). The predicted octanol–water partition coefficient (Wildman–Crippen LogP) is 4.03. The third kappa shape index (κ3) is 4.19. The minimum absolute atomic E-state index is 0.164. The van der Waals surface area contributed by atoms with E-state index >= 15 is 0 Å². The van der Waals surface area contributed by atoms with Crippen LogP contribution in [0.5, 0.6) is 5.75 Å². The summed E-state index contributed by atoms with van der Waals surface area (Å²) < 4.78 is 5.75. The third-order valence-corrected chi connectivity index (χ3v) is 3.67. The van der Waals surface area contributed by atoms with Crippen LogP contribution in [-0.2, 0) is 6.42 Å². The first-order valence-corrected chi connectivity index (χ1v) is 7.67. The molecule has 0 aliphatic carbocycles. The second kappa shape index (κ2) is 8.01. The van der Waals surface area contributed by atoms with Crippen LogP contribution in [0.25, 0.3) is 0 Å². The van der Waals surface area contributed by atoms with Crippen molar-refractivity contribution in [3.8, 4) is 5.75 Å². The van der Waals surface area contributed by atoms with Crippen LogP contribution in [0.3, 0.4) is 0 Å². The molecule has 1 aromatic heterocycles. The summed E-state index contributed by atoms with van der Waals surface area (Å²) in [5, 5.41) is 4.22. The van der Waals surface area contributed by atoms with Crippen molar-refractivity contribution in [2.75, 3.05) is 13.2 Å². The van der Waals surface area contributed by atoms with Crippen LogP contribution in [0.4, 0.5) is 0 Å². The zero-order valence-corrected chi connectivity index (χ0v) is 13.2. The van der Waals surface area contributed by atoms with Crippen LogP contribution in [0, 0.1) is 0 Å². The van der Waals surface area contributed by atoms with Crippen LogP contribution >= 0.6 is 11.6 Å². The summed E-state index contributed by atoms with van der Waals surface area (Å²) in [5.74, 6) is 0.927. The van der Waals surface area contributed by atoms with Crippen LogP contribution in [0.1, 0.15) is 31.0 Å². The predicted molar refractivity (Wildman–Crippen MR) is 87.0 cm³/mol. The van der Waals surface area contributed by atoms with Crippen molar-refractivity contribution in [2.45, 2.75) is 26.3 Å². The molecule has 3 nitrogen and oxygen atoms in total. The molecule has 0 aliphatic heterocycles. The molecule has 1 unspecified atom stereocenters. The molecule has 1 aromatic carbocycles. The zero-order valence-electron chi connectivity index (χ0n) is 12.5. The molecular formula is C17H21ClN2O. The molecule has 2 aromatic rings. The standard InChI is InChI=1S/C17H21ClN2O/c1-3-20-16(11-13-9-10-19-12-15(13)18)14-7-5-6-8-17(14)21-4-2/h5-10,12,16,20H,3-4,11H2,1-2H3. The lowest BCUT2D eigenvalue weighted by molar-refractivity contribution is 0.331. The van der Waals surface area contributed by atoms with E-state index in [1.165, 1.54) is 0 Å². The van der Waals surface area contributed by atoms with E-state index in [1.807, 2.05) is 31.2 Å². The molecule has 4 heteroatoms. The Balaban J connectivity index is 2.29. The second-order valence-corrected chi connectivity index (χ2v) is 5.16. The van der Waals surface area contributed by atoms with E-state index in [2.05, 4.69) is 23.3 Å². The molecule has 1 N–H and O–H groups in total. The first-order valence-electron chi connectivity index (χ1n) is 7.29. The van der Waals surface area contributed by atoms with Gasteiger partial charge in [-0.2, -0.15) is 0 Å². The molecule has 0 bridgehead atoms. The minimum Gasteiger partial charge on any atom is -0.494 e. The highest BCUT2D eigenvalue weighted by molar-refractivity contribution is 6.31. The average Bonchev–Trinajstić information content (AvgIpc) is 2.50. The van der Waals surface area contributed by atoms with Gasteiger partial charge in [0.15, 0.2) is 0 Å². The van der Waals surface area contributed by atoms with Gasteiger partial charge in [0.25, 0.3) is 0 Å². The minimum atomic E-state index is 0.164. The fourth-order valence-electron chi connectivity index (χ4n) is 2.38. The molecule has 0 saturated carbocycles. The van der Waals surface area contributed by atoms with E-state index in [0.717, 1.165) is 29.8 Å². The zero-order chi connectivity index (χ0) is 15.1. The van der Waals surface area contributed by atoms with Crippen LogP contribution in [-0.4, -0.2) is 18.1 Å². The van der Waals surface area contributed by atoms with Gasteiger partial charge in [0, 0.05) is 24.0 Å². The maximum absolute atomic E-state index is 6.24. The van der Waals surface area contributed by atoms with Crippen molar-refractivity contribution in [1.82, 2.24) is 10.3 Å². The lowest BCUT2D eigenvalue weighted by Gasteiger charge is -2.21. The van der Waals surface area contributed by atoms with E-state index in [1.54, 1.807) is 12.4 Å². The van der Waals surface area contributed by atoms with Crippen molar-refractivity contribution >= 4 is 11.6 Å². The van der Waals surface area contributed by atoms with E-state index in [9.17, 15) is 0 Å². The fourth-order valence-corrected chi connectivity index (χ4v) is 2.58. The Morgan fingerprint density at radius 3 is 2.76 bits per heavy atom. The summed E-state index contributed by atoms with van der Waals surface area (Å²) in [6.45, 7) is 5.64. The average molecular weight is 305 g/mol. The first kappa shape index (κ1) is 15.8. The second-order valence-electron chi connectivity index (χ2n) is 4.75. The maximum Gasteiger partial charge on any atom is 0.124 e. The van der Waals surface area contributed by atoms with E-state index < -0.39 is 0 Å². The summed E-state index contributed by atoms with van der Waals surface area (Å²) >= 11 is 6.24. The van der Waals surface area contributed by atoms with Gasteiger partial charge < -0.3 is 10.1 Å². The summed E-state index contributed by atoms with van der Waals surface area (Å²) in [4.78, 5) is 4.04. The van der Waals surface area contributed by atoms with Gasteiger partial charge in [-0.25, -0.2) is 0 Å². The molecule has 112 valence electrons. The van der Waals surface area contributed by atoms with Gasteiger partial charge >= 0.3 is 0 Å². The Morgan fingerprint density at radius 2 is 2.05 bits per heavy atom. The summed E-state index contributed by atoms with van der Waals surface area (Å²) in [5.41, 5.74) is 2.25. The largest absolute Gasteiger partial charge is 0.494 e. The van der Waals surface area contributed by atoms with E-state index in [4.69, 9.17) is 16.3 Å². The number of nitrogens with zero attached hydrogens (tertiary/aromatic N) is 1. The van der Waals surface area contributed by atoms with Crippen LogP contribution in [0.2, 0.25) is 5.02 Å². The number of hydrogen-bond acceptors (Lipinski definition) is 3. The summed E-state index contributed by atoms with van der Waals surface area (Å²) in [7, 11) is 0. The lowest BCUT2D eigenvalue weighted by atomic mass is 9.98. The van der Waals surface area contributed by atoms with Crippen molar-refractivity contribution in [3.63, 3.8) is 0 Å². The third-order valence-electron chi connectivity index (χ3n) is 3.33. The molecule has 1 atom stereocenters. The monoisotopic (exact) mass is 304 g/mol. The first-order chi connectivity index (χ1) is 10.3. The summed E-state index contributed by atoms with van der Waals surface area (Å²) in [6.07, 6.45) is 4.27. The molecule has 0 fully saturated rings. The van der Waals surface area contributed by atoms with Crippen LogP contribution in [0.15, 0.2) is 42.7 Å². The number of para-hydroxylation sites is 1. The molecule has 0 aliphatic rings. The topological polar surface area (TPSA) is 34.2 Å². The Bertz CT molecular complexity index is 574. The smallest absolute Gasteiger partial charge is 0.124 e. The van der Waals surface area contributed by atoms with Gasteiger partial charge in [-0.15, -0.1) is 0 Å². The Hall–Kier alpha value is -1.58. The SMILES string of the molecule is CCNC(Cc1ccncc1Cl)c1ccccc1OCC. The van der Waals surface area contributed by atoms with E-state index in [0.29, 0.717) is 11.6 Å². The van der Waals surface area contributed by atoms with Crippen molar-refractivity contribution < 1.29 is 4.74 Å². The molecule has 0 amide bonds. The summed E-state index contributed by atoms with van der Waals surface area (Å²) in [6, 6.07) is 10.3. The number of ether oxygens (including phenoxy) is 1. The Kier molecular flexibility index (Phi) is 6.03. The molecule has 21 heavy (non-hydrogen) atoms. The highest BCUT2D eigenvalue weighted by Gasteiger charge is 2.17. The number of aromatic nitrogens is 1. The number of nitrogens with one attached hydrogen (secondary N) is 1. The normalized spacial score (nSPS) is 12.1. The maximum atomic E-state index is 6.24. The highest BCUT2D eigenvalue weighted by atomic mass is 35.5. The number of benzene rings is 1. The van der Waals surface area contributed by atoms with Gasteiger partial charge in [-0.3, -0.25) is 4.98 Å². The van der Waals surface area contributed by atoms with Crippen molar-refractivity contribution in [3.05, 3.63) is 58.9 Å². The molecule has 0 radical (unpaired) electrons. The van der Waals surface area contributed by atoms with Crippen molar-refractivity contribution in [2.24, 2.45) is 0 Å². The van der Waals surface area contributed by atoms with Gasteiger partial charge in [0.1, 0.15) is 5.75 Å². The Labute approximate surface area is 131 Å². The van der Waals surface area contributed by atoms with Gasteiger partial charge in [0.2, 0.25) is 0 Å². The van der Waals surface area contributed by atoms with Gasteiger partial charge in [0.05, 0.1) is 11.6 Å². The van der Waals surface area contributed by atoms with Crippen LogP contribution < -0.4 is 10.1 Å². The number of hydrogen-bond donors (Lipinski definition) is 1. The number of pyridine rings is 1. The van der Waals surface area contributed by atoms with E-state index in [-0.39, 0.29) is 6.04 Å². The molecule has 0 saturated heterocycles. The molecular weight excluding hydrogens is 284 g/mol. The molecule has 1 heterocycles. The lowest BCUT2D eigenvalue weighted by Crippen LogP contribution is -2.23. The number of likely N-dealkylation sites (N-methyl/N-ethyl adjacent to an activating group) is 1. The highest BCUT2D eigenvalue weighted by Crippen LogP contribution is 2.29. The Morgan fingerprint density at radius 1 is 1.24 bits per heavy atom. The number of halogens is 1. The quantitative estimate of drug-likeness (QED) is 0.838. The fraction of sp³-hybridized carbons (Fsp3) is 0.353. The van der Waals surface area contributed by atoms with Crippen molar-refractivity contribution in [1.29, 1.82) is 0 Å². The van der Waals surface area contributed by atoms with Gasteiger partial charge in [-0.05, 0) is 37.6 Å².